The number of fused-ring (bicyclic) bond motifs is 1. The molecule has 1 amide bonds. The van der Waals surface area contributed by atoms with E-state index in [-0.39, 0.29) is 11.8 Å². The van der Waals surface area contributed by atoms with Crippen LogP contribution in [0.3, 0.4) is 0 Å². The summed E-state index contributed by atoms with van der Waals surface area (Å²) in [5, 5.41) is 9.95. The third kappa shape index (κ3) is 4.17. The van der Waals surface area contributed by atoms with Crippen molar-refractivity contribution in [3.8, 4) is 11.4 Å². The van der Waals surface area contributed by atoms with Crippen LogP contribution in [0.25, 0.3) is 16.5 Å². The van der Waals surface area contributed by atoms with Gasteiger partial charge < -0.3 is 10.1 Å². The number of amides is 1. The lowest BCUT2D eigenvalue weighted by Gasteiger charge is -2.14. The number of benzene rings is 3. The molecule has 1 unspecified atom stereocenters. The molecule has 0 bridgehead atoms. The first kappa shape index (κ1) is 20.7. The van der Waals surface area contributed by atoms with E-state index in [2.05, 4.69) is 16.5 Å². The Labute approximate surface area is 182 Å². The van der Waals surface area contributed by atoms with E-state index in [0.717, 1.165) is 44.7 Å². The van der Waals surface area contributed by atoms with Gasteiger partial charge >= 0.3 is 0 Å². The molecule has 5 nitrogen and oxygen atoms in total. The minimum atomic E-state index is -0.253. The Bertz CT molecular complexity index is 1230. The predicted molar refractivity (Wildman–Crippen MR) is 124 cm³/mol. The van der Waals surface area contributed by atoms with Crippen molar-refractivity contribution in [2.75, 3.05) is 7.11 Å². The van der Waals surface area contributed by atoms with Crippen molar-refractivity contribution in [2.45, 2.75) is 33.2 Å². The largest absolute Gasteiger partial charge is 0.497 e. The third-order valence-corrected chi connectivity index (χ3v) is 5.85. The predicted octanol–water partition coefficient (Wildman–Crippen LogP) is 5.07. The number of rotatable bonds is 6. The van der Waals surface area contributed by atoms with E-state index in [1.807, 2.05) is 86.1 Å². The Balaban J connectivity index is 1.49. The third-order valence-electron chi connectivity index (χ3n) is 5.85. The lowest BCUT2D eigenvalue weighted by Crippen LogP contribution is -2.28. The van der Waals surface area contributed by atoms with Crippen LogP contribution in [0, 0.1) is 13.8 Å². The topological polar surface area (TPSA) is 56.1 Å². The van der Waals surface area contributed by atoms with Crippen LogP contribution in [0.2, 0.25) is 0 Å². The van der Waals surface area contributed by atoms with E-state index in [1.165, 1.54) is 0 Å². The fourth-order valence-corrected chi connectivity index (χ4v) is 3.87. The molecule has 0 aliphatic heterocycles. The highest BCUT2D eigenvalue weighted by Gasteiger charge is 2.18. The Hall–Kier alpha value is -3.60. The maximum absolute atomic E-state index is 12.9. The van der Waals surface area contributed by atoms with Gasteiger partial charge in [0.1, 0.15) is 5.75 Å². The SMILES string of the molecule is COc1ccc2cc(C(C)C(=O)NCc3c(C)nn(-c4ccccc4)c3C)ccc2c1. The fraction of sp³-hybridized carbons (Fsp3) is 0.231. The van der Waals surface area contributed by atoms with Crippen LogP contribution in [0.15, 0.2) is 66.7 Å². The monoisotopic (exact) mass is 413 g/mol. The van der Waals surface area contributed by atoms with Crippen molar-refractivity contribution in [1.29, 1.82) is 0 Å². The zero-order valence-electron chi connectivity index (χ0n) is 18.3. The van der Waals surface area contributed by atoms with Crippen LogP contribution in [-0.4, -0.2) is 22.8 Å². The average molecular weight is 414 g/mol. The normalized spacial score (nSPS) is 12.0. The van der Waals surface area contributed by atoms with Gasteiger partial charge in [0, 0.05) is 17.8 Å². The second-order valence-corrected chi connectivity index (χ2v) is 7.81. The van der Waals surface area contributed by atoms with Gasteiger partial charge in [-0.1, -0.05) is 42.5 Å². The van der Waals surface area contributed by atoms with Gasteiger partial charge in [-0.25, -0.2) is 4.68 Å². The number of aromatic nitrogens is 2. The van der Waals surface area contributed by atoms with E-state index in [9.17, 15) is 4.79 Å². The van der Waals surface area contributed by atoms with Crippen LogP contribution in [0.5, 0.6) is 5.75 Å². The quantitative estimate of drug-likeness (QED) is 0.480. The summed E-state index contributed by atoms with van der Waals surface area (Å²) in [7, 11) is 1.66. The van der Waals surface area contributed by atoms with Crippen molar-refractivity contribution in [3.63, 3.8) is 0 Å². The summed E-state index contributed by atoms with van der Waals surface area (Å²) in [5.74, 6) is 0.572. The average Bonchev–Trinajstić information content (AvgIpc) is 3.09. The van der Waals surface area contributed by atoms with Crippen molar-refractivity contribution >= 4 is 16.7 Å². The molecule has 0 saturated carbocycles. The number of nitrogens with one attached hydrogen (secondary N) is 1. The Kier molecular flexibility index (Phi) is 5.76. The van der Waals surface area contributed by atoms with E-state index in [0.29, 0.717) is 6.54 Å². The summed E-state index contributed by atoms with van der Waals surface area (Å²) >= 11 is 0. The molecule has 0 saturated heterocycles. The summed E-state index contributed by atoms with van der Waals surface area (Å²) in [6.45, 7) is 6.41. The molecule has 1 atom stereocenters. The highest BCUT2D eigenvalue weighted by Crippen LogP contribution is 2.25. The number of carbonyl (C=O) groups is 1. The van der Waals surface area contributed by atoms with Crippen LogP contribution < -0.4 is 10.1 Å². The minimum Gasteiger partial charge on any atom is -0.497 e. The number of carbonyl (C=O) groups excluding carboxylic acids is 1. The smallest absolute Gasteiger partial charge is 0.227 e. The van der Waals surface area contributed by atoms with E-state index in [1.54, 1.807) is 7.11 Å². The molecular weight excluding hydrogens is 386 g/mol. The zero-order valence-corrected chi connectivity index (χ0v) is 18.3. The summed E-state index contributed by atoms with van der Waals surface area (Å²) in [6.07, 6.45) is 0. The molecule has 1 heterocycles. The zero-order chi connectivity index (χ0) is 22.0. The molecule has 3 aromatic carbocycles. The Morgan fingerprint density at radius 3 is 2.48 bits per heavy atom. The molecule has 5 heteroatoms. The van der Waals surface area contributed by atoms with Crippen molar-refractivity contribution in [3.05, 3.63) is 89.2 Å². The molecule has 4 aromatic rings. The molecule has 0 aliphatic carbocycles. The van der Waals surface area contributed by atoms with Gasteiger partial charge in [0.15, 0.2) is 0 Å². The summed E-state index contributed by atoms with van der Waals surface area (Å²) in [5.41, 5.74) is 5.02. The van der Waals surface area contributed by atoms with Crippen molar-refractivity contribution in [2.24, 2.45) is 0 Å². The van der Waals surface area contributed by atoms with Gasteiger partial charge in [0.25, 0.3) is 0 Å². The summed E-state index contributed by atoms with van der Waals surface area (Å²) in [4.78, 5) is 12.9. The van der Waals surface area contributed by atoms with Gasteiger partial charge in [0.05, 0.1) is 24.4 Å². The Morgan fingerprint density at radius 1 is 1.03 bits per heavy atom. The first-order chi connectivity index (χ1) is 15.0. The lowest BCUT2D eigenvalue weighted by molar-refractivity contribution is -0.122. The van der Waals surface area contributed by atoms with Gasteiger partial charge in [-0.2, -0.15) is 5.10 Å². The van der Waals surface area contributed by atoms with E-state index < -0.39 is 0 Å². The van der Waals surface area contributed by atoms with Gasteiger partial charge in [-0.05, 0) is 61.4 Å². The second-order valence-electron chi connectivity index (χ2n) is 7.81. The van der Waals surface area contributed by atoms with Crippen LogP contribution >= 0.6 is 0 Å². The molecule has 158 valence electrons. The van der Waals surface area contributed by atoms with Crippen molar-refractivity contribution in [1.82, 2.24) is 15.1 Å². The van der Waals surface area contributed by atoms with Crippen LogP contribution in [0.4, 0.5) is 0 Å². The lowest BCUT2D eigenvalue weighted by atomic mass is 9.97. The number of methoxy groups -OCH3 is 1. The number of nitrogens with zero attached hydrogens (tertiary/aromatic N) is 2. The summed E-state index contributed by atoms with van der Waals surface area (Å²) in [6, 6.07) is 22.1. The number of aryl methyl sites for hydroxylation is 1. The summed E-state index contributed by atoms with van der Waals surface area (Å²) < 4.78 is 7.22. The first-order valence-electron chi connectivity index (χ1n) is 10.4. The number of ether oxygens (including phenoxy) is 1. The van der Waals surface area contributed by atoms with E-state index in [4.69, 9.17) is 4.74 Å². The van der Waals surface area contributed by atoms with Crippen LogP contribution in [0.1, 0.15) is 35.4 Å². The van der Waals surface area contributed by atoms with Gasteiger partial charge in [-0.15, -0.1) is 0 Å². The molecule has 0 aliphatic rings. The van der Waals surface area contributed by atoms with Crippen LogP contribution in [-0.2, 0) is 11.3 Å². The van der Waals surface area contributed by atoms with Crippen molar-refractivity contribution < 1.29 is 9.53 Å². The molecule has 31 heavy (non-hydrogen) atoms. The number of para-hydroxylation sites is 1. The standard InChI is InChI=1S/C26H27N3O2/c1-17(20-10-11-22-15-24(31-4)13-12-21(22)14-20)26(30)27-16-25-18(2)28-29(19(25)3)23-8-6-5-7-9-23/h5-15,17H,16H2,1-4H3,(H,27,30). The molecule has 0 fully saturated rings. The molecule has 4 rings (SSSR count). The number of hydrogen-bond donors (Lipinski definition) is 1. The maximum atomic E-state index is 12.9. The highest BCUT2D eigenvalue weighted by molar-refractivity contribution is 5.88. The highest BCUT2D eigenvalue weighted by atomic mass is 16.5. The fourth-order valence-electron chi connectivity index (χ4n) is 3.87. The molecule has 0 spiro atoms. The molecule has 0 radical (unpaired) electrons. The van der Waals surface area contributed by atoms with Gasteiger partial charge in [-0.3, -0.25) is 4.79 Å². The van der Waals surface area contributed by atoms with E-state index >= 15 is 0 Å². The Morgan fingerprint density at radius 2 is 1.74 bits per heavy atom. The van der Waals surface area contributed by atoms with Gasteiger partial charge in [0.2, 0.25) is 5.91 Å². The number of hydrogen-bond acceptors (Lipinski definition) is 3. The molecule has 1 N–H and O–H groups in total. The molecule has 1 aromatic heterocycles. The maximum Gasteiger partial charge on any atom is 0.227 e. The molecular formula is C26H27N3O2. The minimum absolute atomic E-state index is 0.000812. The first-order valence-corrected chi connectivity index (χ1v) is 10.4. The second kappa shape index (κ2) is 8.64.